The molecule has 0 aliphatic carbocycles. The molecule has 1 N–H and O–H groups in total. The zero-order chi connectivity index (χ0) is 19.2. The highest BCUT2D eigenvalue weighted by atomic mass is 16.6. The maximum absolute atomic E-state index is 12.2. The second kappa shape index (κ2) is 8.23. The summed E-state index contributed by atoms with van der Waals surface area (Å²) in [6.07, 6.45) is 0.0296. The van der Waals surface area contributed by atoms with Crippen molar-refractivity contribution in [3.05, 3.63) is 65.7 Å². The van der Waals surface area contributed by atoms with Crippen LogP contribution in [-0.4, -0.2) is 28.5 Å². The molecule has 0 aromatic heterocycles. The van der Waals surface area contributed by atoms with Crippen LogP contribution in [0.3, 0.4) is 0 Å². The van der Waals surface area contributed by atoms with Gasteiger partial charge in [0.15, 0.2) is 0 Å². The standard InChI is InChI=1S/C20H21N3O3/c1-20(2,3)26-19(25)23-18(17(24)13-22-21)16-11-9-15(10-12-16)14-7-5-4-6-8-14/h4-13,18H,1-3H3,(H,23,25). The molecule has 26 heavy (non-hydrogen) atoms. The lowest BCUT2D eigenvalue weighted by Crippen LogP contribution is -2.38. The van der Waals surface area contributed by atoms with Gasteiger partial charge in [-0.25, -0.2) is 4.79 Å². The maximum atomic E-state index is 12.2. The van der Waals surface area contributed by atoms with Crippen LogP contribution in [-0.2, 0) is 9.53 Å². The van der Waals surface area contributed by atoms with Crippen LogP contribution in [0, 0.1) is 0 Å². The van der Waals surface area contributed by atoms with E-state index < -0.39 is 23.5 Å². The van der Waals surface area contributed by atoms with Gasteiger partial charge in [-0.2, -0.15) is 4.79 Å². The first kappa shape index (κ1) is 19.1. The fraction of sp³-hybridized carbons (Fsp3) is 0.250. The maximum Gasteiger partial charge on any atom is 0.408 e. The molecule has 2 aromatic rings. The number of hydrogen-bond donors (Lipinski definition) is 1. The van der Waals surface area contributed by atoms with Gasteiger partial charge in [-0.15, -0.1) is 0 Å². The summed E-state index contributed by atoms with van der Waals surface area (Å²) in [4.78, 5) is 27.0. The molecule has 6 nitrogen and oxygen atoms in total. The van der Waals surface area contributed by atoms with Crippen LogP contribution in [0.4, 0.5) is 4.79 Å². The molecule has 0 radical (unpaired) electrons. The average molecular weight is 351 g/mol. The Bertz CT molecular complexity index is 818. The molecule has 1 unspecified atom stereocenters. The lowest BCUT2D eigenvalue weighted by atomic mass is 9.99. The van der Waals surface area contributed by atoms with E-state index in [1.807, 2.05) is 42.5 Å². The van der Waals surface area contributed by atoms with Crippen LogP contribution in [0.2, 0.25) is 0 Å². The van der Waals surface area contributed by atoms with E-state index in [9.17, 15) is 9.59 Å². The van der Waals surface area contributed by atoms with Crippen molar-refractivity contribution >= 4 is 18.1 Å². The number of ketones is 1. The predicted molar refractivity (Wildman–Crippen MR) is 98.7 cm³/mol. The molecule has 0 saturated heterocycles. The van der Waals surface area contributed by atoms with Gasteiger partial charge in [0.05, 0.1) is 0 Å². The molecule has 0 spiro atoms. The number of alkyl carbamates (subject to hydrolysis) is 1. The molecule has 0 aliphatic rings. The van der Waals surface area contributed by atoms with Gasteiger partial charge in [0.1, 0.15) is 11.6 Å². The zero-order valence-electron chi connectivity index (χ0n) is 15.0. The van der Waals surface area contributed by atoms with Gasteiger partial charge in [-0.05, 0) is 37.5 Å². The van der Waals surface area contributed by atoms with Crippen LogP contribution in [0.15, 0.2) is 54.6 Å². The minimum Gasteiger partial charge on any atom is -0.444 e. The molecule has 2 rings (SSSR count). The second-order valence-corrected chi connectivity index (χ2v) is 6.71. The number of nitrogens with zero attached hydrogens (tertiary/aromatic N) is 2. The summed E-state index contributed by atoms with van der Waals surface area (Å²) in [5.74, 6) is -0.564. The molecular formula is C20H21N3O3. The molecule has 1 amide bonds. The summed E-state index contributed by atoms with van der Waals surface area (Å²) in [6.45, 7) is 5.19. The van der Waals surface area contributed by atoms with Crippen molar-refractivity contribution in [3.8, 4) is 11.1 Å². The highest BCUT2D eigenvalue weighted by molar-refractivity contribution is 6.28. The second-order valence-electron chi connectivity index (χ2n) is 6.71. The minimum atomic E-state index is -1.01. The third-order valence-electron chi connectivity index (χ3n) is 3.48. The van der Waals surface area contributed by atoms with E-state index in [0.29, 0.717) is 5.56 Å². The van der Waals surface area contributed by atoms with Crippen LogP contribution in [0.1, 0.15) is 32.4 Å². The van der Waals surface area contributed by atoms with Crippen molar-refractivity contribution in [1.29, 1.82) is 0 Å². The Hall–Kier alpha value is -3.24. The van der Waals surface area contributed by atoms with Crippen molar-refractivity contribution in [2.75, 3.05) is 0 Å². The molecular weight excluding hydrogens is 330 g/mol. The lowest BCUT2D eigenvalue weighted by Gasteiger charge is -2.22. The smallest absolute Gasteiger partial charge is 0.408 e. The summed E-state index contributed by atoms with van der Waals surface area (Å²) in [5.41, 5.74) is 10.5. The highest BCUT2D eigenvalue weighted by Gasteiger charge is 2.26. The largest absolute Gasteiger partial charge is 0.444 e. The first-order valence-corrected chi connectivity index (χ1v) is 8.16. The van der Waals surface area contributed by atoms with E-state index in [1.54, 1.807) is 32.9 Å². The zero-order valence-corrected chi connectivity index (χ0v) is 15.0. The van der Waals surface area contributed by atoms with Crippen LogP contribution >= 0.6 is 0 Å². The minimum absolute atomic E-state index is 0.556. The third kappa shape index (κ3) is 5.40. The molecule has 2 aromatic carbocycles. The lowest BCUT2D eigenvalue weighted by molar-refractivity contribution is -0.118. The first-order chi connectivity index (χ1) is 12.3. The van der Waals surface area contributed by atoms with E-state index in [-0.39, 0.29) is 0 Å². The van der Waals surface area contributed by atoms with E-state index in [0.717, 1.165) is 17.3 Å². The summed E-state index contributed by atoms with van der Waals surface area (Å²) >= 11 is 0. The highest BCUT2D eigenvalue weighted by Crippen LogP contribution is 2.22. The van der Waals surface area contributed by atoms with Crippen molar-refractivity contribution in [3.63, 3.8) is 0 Å². The molecule has 1 atom stereocenters. The average Bonchev–Trinajstić information content (AvgIpc) is 2.59. The third-order valence-corrected chi connectivity index (χ3v) is 3.48. The van der Waals surface area contributed by atoms with Gasteiger partial charge in [0.25, 0.3) is 5.78 Å². The SMILES string of the molecule is CC(C)(C)OC(=O)NC(C(=O)C=[N+]=[N-])c1ccc(-c2ccccc2)cc1. The Morgan fingerprint density at radius 2 is 1.62 bits per heavy atom. The molecule has 134 valence electrons. The van der Waals surface area contributed by atoms with Gasteiger partial charge < -0.3 is 15.6 Å². The van der Waals surface area contributed by atoms with Gasteiger partial charge in [-0.1, -0.05) is 54.6 Å². The molecule has 0 heterocycles. The number of carbonyl (C=O) groups excluding carboxylic acids is 2. The van der Waals surface area contributed by atoms with Gasteiger partial charge in [0.2, 0.25) is 0 Å². The fourth-order valence-corrected chi connectivity index (χ4v) is 2.37. The number of ether oxygens (including phenoxy) is 1. The summed E-state index contributed by atoms with van der Waals surface area (Å²) < 4.78 is 5.20. The van der Waals surface area contributed by atoms with Gasteiger partial charge in [-0.3, -0.25) is 4.79 Å². The van der Waals surface area contributed by atoms with Crippen LogP contribution in [0.5, 0.6) is 0 Å². The quantitative estimate of drug-likeness (QED) is 0.505. The van der Waals surface area contributed by atoms with Gasteiger partial charge >= 0.3 is 12.3 Å². The van der Waals surface area contributed by atoms with Crippen molar-refractivity contribution in [2.24, 2.45) is 0 Å². The first-order valence-electron chi connectivity index (χ1n) is 8.16. The topological polar surface area (TPSA) is 91.8 Å². The Morgan fingerprint density at radius 3 is 2.15 bits per heavy atom. The number of amides is 1. The number of hydrogen-bond acceptors (Lipinski definition) is 3. The van der Waals surface area contributed by atoms with E-state index in [4.69, 9.17) is 10.3 Å². The summed E-state index contributed by atoms with van der Waals surface area (Å²) in [5, 5.41) is 2.52. The summed E-state index contributed by atoms with van der Waals surface area (Å²) in [6, 6.07) is 16.0. The number of rotatable bonds is 5. The number of benzene rings is 2. The van der Waals surface area contributed by atoms with E-state index in [2.05, 4.69) is 10.1 Å². The monoisotopic (exact) mass is 351 g/mol. The predicted octanol–water partition coefficient (Wildman–Crippen LogP) is 3.79. The van der Waals surface area contributed by atoms with Crippen molar-refractivity contribution in [1.82, 2.24) is 5.32 Å². The Labute approximate surface area is 152 Å². The van der Waals surface area contributed by atoms with E-state index >= 15 is 0 Å². The van der Waals surface area contributed by atoms with Crippen LogP contribution in [0.25, 0.3) is 16.7 Å². The molecule has 0 bridgehead atoms. The fourth-order valence-electron chi connectivity index (χ4n) is 2.37. The Balaban J connectivity index is 2.26. The number of Topliss-reactive ketones (excluding diaryl/α,β-unsaturated/α-hetero) is 1. The Kier molecular flexibility index (Phi) is 6.04. The number of nitrogens with one attached hydrogen (secondary N) is 1. The normalized spacial score (nSPS) is 11.8. The molecule has 0 fully saturated rings. The van der Waals surface area contributed by atoms with E-state index in [1.165, 1.54) is 0 Å². The Morgan fingerprint density at radius 1 is 1.04 bits per heavy atom. The number of carbonyl (C=O) groups is 2. The van der Waals surface area contributed by atoms with Crippen molar-refractivity contribution < 1.29 is 19.1 Å². The molecule has 0 saturated carbocycles. The van der Waals surface area contributed by atoms with Gasteiger partial charge in [0, 0.05) is 0 Å². The van der Waals surface area contributed by atoms with Crippen LogP contribution < -0.4 is 5.32 Å². The molecule has 0 aliphatic heterocycles. The van der Waals surface area contributed by atoms with Crippen molar-refractivity contribution in [2.45, 2.75) is 32.4 Å². The summed E-state index contributed by atoms with van der Waals surface area (Å²) in [7, 11) is 0. The molecule has 6 heteroatoms.